The summed E-state index contributed by atoms with van der Waals surface area (Å²) in [5.74, 6) is -0.505. The van der Waals surface area contributed by atoms with Crippen LogP contribution >= 0.6 is 0 Å². The van der Waals surface area contributed by atoms with E-state index < -0.39 is 12.0 Å². The van der Waals surface area contributed by atoms with E-state index in [-0.39, 0.29) is 6.42 Å². The van der Waals surface area contributed by atoms with Gasteiger partial charge in [-0.3, -0.25) is 4.79 Å². The number of nitrogens with zero attached hydrogens (tertiary/aromatic N) is 3. The summed E-state index contributed by atoms with van der Waals surface area (Å²) in [6, 6.07) is 6.96. The molecule has 0 amide bonds. The average Bonchev–Trinajstić information content (AvgIpc) is 2.37. The molecule has 0 bridgehead atoms. The Morgan fingerprint density at radius 2 is 1.94 bits per heavy atom. The van der Waals surface area contributed by atoms with Gasteiger partial charge in [0.1, 0.15) is 0 Å². The fraction of sp³-hybridized carbons (Fsp3) is 0.462. The number of carbonyl (C=O) groups is 1. The van der Waals surface area contributed by atoms with E-state index >= 15 is 0 Å². The molecule has 2 atom stereocenters. The Bertz CT molecular complexity index is 450. The number of hydrogen-bond acceptors (Lipinski definition) is 2. The smallest absolute Gasteiger partial charge is 0.304 e. The first-order chi connectivity index (χ1) is 8.58. The Balaban J connectivity index is 2.93. The molecule has 0 saturated carbocycles. The standard InChI is InChI=1S/C13H17N3O2/c1-3-9(2)10-4-6-11(7-5-10)12(15-16-14)8-13(17)18/h4-7,9,12H,3,8H2,1-2H3,(H,17,18). The second kappa shape index (κ2) is 6.67. The van der Waals surface area contributed by atoms with E-state index in [0.29, 0.717) is 5.92 Å². The maximum Gasteiger partial charge on any atom is 0.304 e. The van der Waals surface area contributed by atoms with Crippen molar-refractivity contribution in [1.29, 1.82) is 0 Å². The summed E-state index contributed by atoms with van der Waals surface area (Å²) in [7, 11) is 0. The molecule has 0 aliphatic carbocycles. The van der Waals surface area contributed by atoms with Crippen LogP contribution in [0.5, 0.6) is 0 Å². The fourth-order valence-corrected chi connectivity index (χ4v) is 1.74. The maximum atomic E-state index is 10.7. The van der Waals surface area contributed by atoms with Crippen molar-refractivity contribution in [3.63, 3.8) is 0 Å². The van der Waals surface area contributed by atoms with Crippen LogP contribution in [0.1, 0.15) is 49.8 Å². The zero-order valence-electron chi connectivity index (χ0n) is 10.6. The van der Waals surface area contributed by atoms with Crippen LogP contribution < -0.4 is 0 Å². The van der Waals surface area contributed by atoms with Gasteiger partial charge in [-0.2, -0.15) is 0 Å². The van der Waals surface area contributed by atoms with E-state index in [1.807, 2.05) is 24.3 Å². The third kappa shape index (κ3) is 3.79. The van der Waals surface area contributed by atoms with Gasteiger partial charge in [0, 0.05) is 4.91 Å². The van der Waals surface area contributed by atoms with Crippen LogP contribution in [0.25, 0.3) is 10.4 Å². The molecule has 0 radical (unpaired) electrons. The topological polar surface area (TPSA) is 86.1 Å². The minimum atomic E-state index is -0.974. The van der Waals surface area contributed by atoms with E-state index in [1.54, 1.807) is 0 Å². The van der Waals surface area contributed by atoms with Gasteiger partial charge >= 0.3 is 5.97 Å². The largest absolute Gasteiger partial charge is 0.481 e. The highest BCUT2D eigenvalue weighted by Gasteiger charge is 2.14. The molecular weight excluding hydrogens is 230 g/mol. The third-order valence-corrected chi connectivity index (χ3v) is 3.06. The van der Waals surface area contributed by atoms with Gasteiger partial charge < -0.3 is 5.11 Å². The van der Waals surface area contributed by atoms with Crippen molar-refractivity contribution in [2.45, 2.75) is 38.6 Å². The monoisotopic (exact) mass is 247 g/mol. The molecule has 18 heavy (non-hydrogen) atoms. The van der Waals surface area contributed by atoms with Crippen molar-refractivity contribution in [3.05, 3.63) is 45.8 Å². The lowest BCUT2D eigenvalue weighted by Gasteiger charge is -2.12. The average molecular weight is 247 g/mol. The Labute approximate surface area is 106 Å². The number of aliphatic carboxylic acids is 1. The van der Waals surface area contributed by atoms with Gasteiger partial charge in [0.05, 0.1) is 12.5 Å². The number of rotatable bonds is 6. The van der Waals surface area contributed by atoms with Gasteiger partial charge in [-0.05, 0) is 29.0 Å². The van der Waals surface area contributed by atoms with Gasteiger partial charge in [0.25, 0.3) is 0 Å². The Morgan fingerprint density at radius 3 is 2.39 bits per heavy atom. The second-order valence-corrected chi connectivity index (χ2v) is 4.29. The molecule has 1 rings (SSSR count). The van der Waals surface area contributed by atoms with Gasteiger partial charge in [0.2, 0.25) is 0 Å². The molecule has 0 spiro atoms. The van der Waals surface area contributed by atoms with Crippen LogP contribution in [0.4, 0.5) is 0 Å². The van der Waals surface area contributed by atoms with E-state index in [9.17, 15) is 4.79 Å². The van der Waals surface area contributed by atoms with E-state index in [4.69, 9.17) is 10.6 Å². The van der Waals surface area contributed by atoms with Crippen LogP contribution in [0.15, 0.2) is 29.4 Å². The van der Waals surface area contributed by atoms with Crippen LogP contribution in [0.3, 0.4) is 0 Å². The van der Waals surface area contributed by atoms with Gasteiger partial charge in [0.15, 0.2) is 0 Å². The minimum Gasteiger partial charge on any atom is -0.481 e. The number of carboxylic acid groups (broad SMARTS) is 1. The van der Waals surface area contributed by atoms with Crippen molar-refractivity contribution < 1.29 is 9.90 Å². The Morgan fingerprint density at radius 1 is 1.39 bits per heavy atom. The van der Waals surface area contributed by atoms with Crippen molar-refractivity contribution >= 4 is 5.97 Å². The lowest BCUT2D eigenvalue weighted by atomic mass is 9.95. The van der Waals surface area contributed by atoms with E-state index in [2.05, 4.69) is 23.9 Å². The molecule has 0 heterocycles. The SMILES string of the molecule is CCC(C)c1ccc(C(CC(=O)O)N=[N+]=[N-])cc1. The molecule has 5 nitrogen and oxygen atoms in total. The highest BCUT2D eigenvalue weighted by Crippen LogP contribution is 2.25. The summed E-state index contributed by atoms with van der Waals surface area (Å²) in [5, 5.41) is 12.3. The van der Waals surface area contributed by atoms with Gasteiger partial charge in [-0.25, -0.2) is 0 Å². The predicted molar refractivity (Wildman–Crippen MR) is 69.3 cm³/mol. The normalized spacial score (nSPS) is 13.4. The van der Waals surface area contributed by atoms with Gasteiger partial charge in [-0.15, -0.1) is 0 Å². The second-order valence-electron chi connectivity index (χ2n) is 4.29. The highest BCUT2D eigenvalue weighted by molar-refractivity contribution is 5.68. The number of benzene rings is 1. The molecular formula is C13H17N3O2. The molecule has 1 aromatic rings. The lowest BCUT2D eigenvalue weighted by molar-refractivity contribution is -0.137. The minimum absolute atomic E-state index is 0.188. The van der Waals surface area contributed by atoms with Crippen molar-refractivity contribution in [2.24, 2.45) is 5.11 Å². The van der Waals surface area contributed by atoms with Gasteiger partial charge in [-0.1, -0.05) is 43.2 Å². The zero-order chi connectivity index (χ0) is 13.5. The zero-order valence-corrected chi connectivity index (χ0v) is 10.6. The first-order valence-corrected chi connectivity index (χ1v) is 5.94. The molecule has 0 aliphatic rings. The molecule has 5 heteroatoms. The molecule has 0 saturated heterocycles. The first-order valence-electron chi connectivity index (χ1n) is 5.94. The van der Waals surface area contributed by atoms with Crippen molar-refractivity contribution in [1.82, 2.24) is 0 Å². The van der Waals surface area contributed by atoms with Crippen LogP contribution in [-0.4, -0.2) is 11.1 Å². The summed E-state index contributed by atoms with van der Waals surface area (Å²) in [6.07, 6.45) is 0.862. The molecule has 0 aliphatic heterocycles. The summed E-state index contributed by atoms with van der Waals surface area (Å²) in [5.41, 5.74) is 10.4. The third-order valence-electron chi connectivity index (χ3n) is 3.06. The number of hydrogen-bond donors (Lipinski definition) is 1. The Kier molecular flexibility index (Phi) is 5.21. The summed E-state index contributed by atoms with van der Waals surface area (Å²) >= 11 is 0. The van der Waals surface area contributed by atoms with Crippen LogP contribution in [0.2, 0.25) is 0 Å². The number of azide groups is 1. The Hall–Kier alpha value is -2.00. The van der Waals surface area contributed by atoms with Crippen LogP contribution in [0, 0.1) is 0 Å². The van der Waals surface area contributed by atoms with E-state index in [1.165, 1.54) is 5.56 Å². The molecule has 96 valence electrons. The summed E-state index contributed by atoms with van der Waals surface area (Å²) in [4.78, 5) is 13.4. The molecule has 1 N–H and O–H groups in total. The number of carboxylic acids is 1. The summed E-state index contributed by atoms with van der Waals surface area (Å²) in [6.45, 7) is 4.25. The quantitative estimate of drug-likeness (QED) is 0.467. The molecule has 0 aromatic heterocycles. The molecule has 0 fully saturated rings. The molecule has 1 aromatic carbocycles. The predicted octanol–water partition coefficient (Wildman–Crippen LogP) is 4.03. The first kappa shape index (κ1) is 14.1. The lowest BCUT2D eigenvalue weighted by Crippen LogP contribution is -2.04. The van der Waals surface area contributed by atoms with Crippen molar-refractivity contribution in [3.8, 4) is 0 Å². The van der Waals surface area contributed by atoms with Crippen LogP contribution in [-0.2, 0) is 4.79 Å². The molecule has 2 unspecified atom stereocenters. The fourth-order valence-electron chi connectivity index (χ4n) is 1.74. The van der Waals surface area contributed by atoms with E-state index in [0.717, 1.165) is 12.0 Å². The van der Waals surface area contributed by atoms with Crippen molar-refractivity contribution in [2.75, 3.05) is 0 Å². The summed E-state index contributed by atoms with van der Waals surface area (Å²) < 4.78 is 0. The highest BCUT2D eigenvalue weighted by atomic mass is 16.4. The maximum absolute atomic E-state index is 10.7.